The third kappa shape index (κ3) is 5.68. The number of nitrogens with one attached hydrogen (secondary N) is 1. The fourth-order valence-corrected chi connectivity index (χ4v) is 3.90. The molecule has 0 bridgehead atoms. The van der Waals surface area contributed by atoms with Crippen LogP contribution in [0.3, 0.4) is 0 Å². The Bertz CT molecular complexity index is 1290. The number of ether oxygens (including phenoxy) is 2. The normalized spacial score (nSPS) is 11.2. The van der Waals surface area contributed by atoms with E-state index in [2.05, 4.69) is 5.32 Å². The number of hydrogen-bond donors (Lipinski definition) is 2. The summed E-state index contributed by atoms with van der Waals surface area (Å²) in [5.74, 6) is -1.13. The molecule has 0 saturated heterocycles. The highest BCUT2D eigenvalue weighted by Crippen LogP contribution is 2.36. The molecule has 0 aliphatic rings. The van der Waals surface area contributed by atoms with Crippen LogP contribution >= 0.6 is 23.2 Å². The molecule has 0 spiro atoms. The minimum atomic E-state index is -3.90. The number of sulfonamides is 1. The van der Waals surface area contributed by atoms with Crippen molar-refractivity contribution >= 4 is 44.7 Å². The monoisotopic (exact) mass is 498 g/mol. The zero-order chi connectivity index (χ0) is 23.5. The van der Waals surface area contributed by atoms with E-state index in [4.69, 9.17) is 37.8 Å². The van der Waals surface area contributed by atoms with E-state index in [1.54, 1.807) is 6.07 Å². The first-order valence-corrected chi connectivity index (χ1v) is 11.3. The molecule has 168 valence electrons. The number of halogens is 3. The van der Waals surface area contributed by atoms with E-state index in [-0.39, 0.29) is 38.5 Å². The second kappa shape index (κ2) is 9.74. The van der Waals surface area contributed by atoms with Crippen molar-refractivity contribution in [3.63, 3.8) is 0 Å². The van der Waals surface area contributed by atoms with Gasteiger partial charge in [-0.15, -0.1) is 0 Å². The highest BCUT2D eigenvalue weighted by atomic mass is 35.5. The van der Waals surface area contributed by atoms with Gasteiger partial charge in [0.25, 0.3) is 0 Å². The van der Waals surface area contributed by atoms with Crippen LogP contribution in [0.25, 0.3) is 0 Å². The molecule has 0 aliphatic heterocycles. The van der Waals surface area contributed by atoms with Gasteiger partial charge in [0.2, 0.25) is 10.0 Å². The standard InChI is InChI=1S/C21H17Cl2FN2O5S/c1-30-14-5-6-19(17(24)10-14)31-20-8-12(22)7-16(23)21(20)18(27)11-26-13-3-2-4-15(9-13)32(25,28)29/h2-10,26H,11H2,1H3,(H2,25,28,29). The molecule has 0 amide bonds. The summed E-state index contributed by atoms with van der Waals surface area (Å²) in [7, 11) is -2.51. The van der Waals surface area contributed by atoms with Gasteiger partial charge in [-0.1, -0.05) is 29.3 Å². The third-order valence-electron chi connectivity index (χ3n) is 4.27. The van der Waals surface area contributed by atoms with Crippen LogP contribution in [-0.2, 0) is 10.0 Å². The smallest absolute Gasteiger partial charge is 0.238 e. The molecule has 0 aromatic heterocycles. The minimum Gasteiger partial charge on any atom is -0.497 e. The van der Waals surface area contributed by atoms with E-state index in [9.17, 15) is 17.6 Å². The first-order valence-electron chi connectivity index (χ1n) is 8.99. The fraction of sp³-hybridized carbons (Fsp3) is 0.0952. The summed E-state index contributed by atoms with van der Waals surface area (Å²) in [5, 5.41) is 8.12. The van der Waals surface area contributed by atoms with Crippen LogP contribution in [0.15, 0.2) is 59.5 Å². The summed E-state index contributed by atoms with van der Waals surface area (Å²) in [5.41, 5.74) is 0.319. The number of hydrogen-bond acceptors (Lipinski definition) is 6. The maximum Gasteiger partial charge on any atom is 0.238 e. The Morgan fingerprint density at radius 2 is 1.84 bits per heavy atom. The molecule has 0 saturated carbocycles. The quantitative estimate of drug-likeness (QED) is 0.428. The maximum absolute atomic E-state index is 14.3. The lowest BCUT2D eigenvalue weighted by Crippen LogP contribution is -2.16. The second-order valence-corrected chi connectivity index (χ2v) is 8.91. The van der Waals surface area contributed by atoms with Gasteiger partial charge in [0.1, 0.15) is 11.5 Å². The van der Waals surface area contributed by atoms with Gasteiger partial charge < -0.3 is 14.8 Å². The van der Waals surface area contributed by atoms with Gasteiger partial charge in [0.15, 0.2) is 17.3 Å². The average Bonchev–Trinajstić information content (AvgIpc) is 2.72. The van der Waals surface area contributed by atoms with Crippen LogP contribution in [0.1, 0.15) is 10.4 Å². The Hall–Kier alpha value is -2.85. The SMILES string of the molecule is COc1ccc(Oc2cc(Cl)cc(Cl)c2C(=O)CNc2cccc(S(N)(=O)=O)c2)c(F)c1. The van der Waals surface area contributed by atoms with E-state index in [1.807, 2.05) is 0 Å². The number of primary sulfonamides is 1. The van der Waals surface area contributed by atoms with E-state index in [1.165, 1.54) is 49.6 Å². The molecule has 0 atom stereocenters. The Kier molecular flexibility index (Phi) is 7.25. The maximum atomic E-state index is 14.3. The van der Waals surface area contributed by atoms with Gasteiger partial charge in [-0.3, -0.25) is 4.79 Å². The molecular weight excluding hydrogens is 482 g/mol. The second-order valence-electron chi connectivity index (χ2n) is 6.51. The van der Waals surface area contributed by atoms with E-state index < -0.39 is 21.6 Å². The molecule has 7 nitrogen and oxygen atoms in total. The predicted octanol–water partition coefficient (Wildman–Crippen LogP) is 4.88. The number of Topliss-reactive ketones (excluding diaryl/α,β-unsaturated/α-hetero) is 1. The number of carbonyl (C=O) groups excluding carboxylic acids is 1. The van der Waals surface area contributed by atoms with Crippen molar-refractivity contribution in [1.82, 2.24) is 0 Å². The van der Waals surface area contributed by atoms with Gasteiger partial charge in [-0.05, 0) is 36.4 Å². The first kappa shape index (κ1) is 23.8. The molecule has 3 aromatic carbocycles. The topological polar surface area (TPSA) is 108 Å². The molecule has 11 heteroatoms. The number of nitrogens with two attached hydrogens (primary N) is 1. The minimum absolute atomic E-state index is 0.00602. The van der Waals surface area contributed by atoms with Crippen molar-refractivity contribution in [1.29, 1.82) is 0 Å². The molecule has 32 heavy (non-hydrogen) atoms. The van der Waals surface area contributed by atoms with Gasteiger partial charge >= 0.3 is 0 Å². The summed E-state index contributed by atoms with van der Waals surface area (Å²) in [6.07, 6.45) is 0. The largest absolute Gasteiger partial charge is 0.497 e. The van der Waals surface area contributed by atoms with Crippen molar-refractivity contribution in [3.05, 3.63) is 76.0 Å². The van der Waals surface area contributed by atoms with Crippen LogP contribution in [0.4, 0.5) is 10.1 Å². The van der Waals surface area contributed by atoms with E-state index in [0.29, 0.717) is 11.4 Å². The lowest BCUT2D eigenvalue weighted by atomic mass is 10.1. The molecule has 3 N–H and O–H groups in total. The van der Waals surface area contributed by atoms with Crippen LogP contribution in [0.5, 0.6) is 17.2 Å². The predicted molar refractivity (Wildman–Crippen MR) is 120 cm³/mol. The lowest BCUT2D eigenvalue weighted by Gasteiger charge is -2.14. The van der Waals surface area contributed by atoms with Gasteiger partial charge in [0, 0.05) is 22.8 Å². The Morgan fingerprint density at radius 3 is 2.50 bits per heavy atom. The number of anilines is 1. The number of benzene rings is 3. The Morgan fingerprint density at radius 1 is 1.09 bits per heavy atom. The molecule has 0 unspecified atom stereocenters. The van der Waals surface area contributed by atoms with Crippen molar-refractivity contribution < 1.29 is 27.1 Å². The van der Waals surface area contributed by atoms with Gasteiger partial charge in [0.05, 0.1) is 29.1 Å². The van der Waals surface area contributed by atoms with Crippen molar-refractivity contribution in [2.75, 3.05) is 19.0 Å². The number of carbonyl (C=O) groups is 1. The molecule has 3 rings (SSSR count). The number of ketones is 1. The molecule has 0 aliphatic carbocycles. The fourth-order valence-electron chi connectivity index (χ4n) is 2.76. The highest BCUT2D eigenvalue weighted by molar-refractivity contribution is 7.89. The van der Waals surface area contributed by atoms with Crippen LogP contribution in [0.2, 0.25) is 10.0 Å². The Labute approximate surface area is 193 Å². The lowest BCUT2D eigenvalue weighted by molar-refractivity contribution is 0.100. The molecular formula is C21H17Cl2FN2O5S. The zero-order valence-electron chi connectivity index (χ0n) is 16.6. The van der Waals surface area contributed by atoms with E-state index in [0.717, 1.165) is 6.07 Å². The summed E-state index contributed by atoms with van der Waals surface area (Å²) in [4.78, 5) is 12.8. The number of methoxy groups -OCH3 is 1. The molecule has 3 aromatic rings. The summed E-state index contributed by atoms with van der Waals surface area (Å²) >= 11 is 12.3. The Balaban J connectivity index is 1.87. The van der Waals surface area contributed by atoms with Crippen LogP contribution in [0, 0.1) is 5.82 Å². The van der Waals surface area contributed by atoms with Crippen molar-refractivity contribution in [2.45, 2.75) is 4.90 Å². The molecule has 0 radical (unpaired) electrons. The first-order chi connectivity index (χ1) is 15.1. The third-order valence-corrected chi connectivity index (χ3v) is 5.70. The number of rotatable bonds is 8. The summed E-state index contributed by atoms with van der Waals surface area (Å²) < 4.78 is 47.9. The van der Waals surface area contributed by atoms with Crippen molar-refractivity contribution in [3.8, 4) is 17.2 Å². The molecule has 0 fully saturated rings. The average molecular weight is 499 g/mol. The van der Waals surface area contributed by atoms with Crippen LogP contribution < -0.4 is 19.9 Å². The summed E-state index contributed by atoms with van der Waals surface area (Å²) in [6, 6.07) is 12.3. The molecule has 0 heterocycles. The van der Waals surface area contributed by atoms with Crippen LogP contribution in [-0.4, -0.2) is 27.9 Å². The van der Waals surface area contributed by atoms with E-state index >= 15 is 0 Å². The summed E-state index contributed by atoms with van der Waals surface area (Å²) in [6.45, 7) is -0.267. The zero-order valence-corrected chi connectivity index (χ0v) is 18.9. The van der Waals surface area contributed by atoms with Gasteiger partial charge in [-0.25, -0.2) is 17.9 Å². The van der Waals surface area contributed by atoms with Gasteiger partial charge in [-0.2, -0.15) is 0 Å². The highest BCUT2D eigenvalue weighted by Gasteiger charge is 2.20. The van der Waals surface area contributed by atoms with Crippen molar-refractivity contribution in [2.24, 2.45) is 5.14 Å².